The van der Waals surface area contributed by atoms with Crippen LogP contribution in [0.4, 0.5) is 0 Å². The molecule has 4 N–H and O–H groups in total. The van der Waals surface area contributed by atoms with Gasteiger partial charge in [0.1, 0.15) is 0 Å². The molecule has 1 aliphatic heterocycles. The number of aliphatic carboxylic acids is 2. The summed E-state index contributed by atoms with van der Waals surface area (Å²) in [6, 6.07) is 0. The first-order chi connectivity index (χ1) is 16.4. The molecule has 0 amide bonds. The predicted molar refractivity (Wildman–Crippen MR) is 132 cm³/mol. The lowest BCUT2D eigenvalue weighted by Gasteiger charge is -2.34. The smallest absolute Gasteiger partial charge is 0.317 e. The van der Waals surface area contributed by atoms with Gasteiger partial charge < -0.3 is 25.5 Å². The number of carboxylic acids is 2. The summed E-state index contributed by atoms with van der Waals surface area (Å²) < 4.78 is 0. The number of nitrogens with one attached hydrogen (secondary N) is 1. The number of rotatable bonds is 11. The van der Waals surface area contributed by atoms with Crippen LogP contribution < -0.4 is 5.32 Å². The summed E-state index contributed by atoms with van der Waals surface area (Å²) in [5.74, 6) is -1.02. The number of β-amino-alcohol motifs (C(OH)–C–C–N with tert-alkyl or cyclic N) is 1. The van der Waals surface area contributed by atoms with E-state index in [0.717, 1.165) is 38.6 Å². The minimum absolute atomic E-state index is 0.0371. The van der Waals surface area contributed by atoms with E-state index in [1.54, 1.807) is 0 Å². The highest BCUT2D eigenvalue weighted by molar-refractivity contribution is 5.69. The van der Waals surface area contributed by atoms with E-state index in [0.29, 0.717) is 45.8 Å². The normalized spacial score (nSPS) is 22.6. The van der Waals surface area contributed by atoms with E-state index in [9.17, 15) is 24.9 Å². The minimum atomic E-state index is -0.882. The lowest BCUT2D eigenvalue weighted by Crippen LogP contribution is -2.49. The van der Waals surface area contributed by atoms with Crippen LogP contribution in [0.15, 0.2) is 0 Å². The van der Waals surface area contributed by atoms with E-state index < -0.39 is 18.0 Å². The van der Waals surface area contributed by atoms with Gasteiger partial charge in [-0.2, -0.15) is 0 Å². The predicted octanol–water partition coefficient (Wildman–Crippen LogP) is -0.0721. The molecular formula is C24H47N5O5. The molecule has 0 aromatic heterocycles. The topological polar surface area (TPSA) is 120 Å². The molecule has 1 aliphatic carbocycles. The Morgan fingerprint density at radius 1 is 0.794 bits per heavy atom. The van der Waals surface area contributed by atoms with Crippen molar-refractivity contribution in [2.75, 3.05) is 91.6 Å². The third-order valence-electron chi connectivity index (χ3n) is 7.10. The van der Waals surface area contributed by atoms with Crippen molar-refractivity contribution in [1.82, 2.24) is 24.9 Å². The van der Waals surface area contributed by atoms with Crippen LogP contribution in [0.2, 0.25) is 0 Å². The Balaban J connectivity index is 1.91. The average molecular weight is 486 g/mol. The summed E-state index contributed by atoms with van der Waals surface area (Å²) in [4.78, 5) is 30.9. The number of likely N-dealkylation sites (N-methyl/N-ethyl adjacent to an activating group) is 1. The fraction of sp³-hybridized carbons (Fsp3) is 0.917. The lowest BCUT2D eigenvalue weighted by molar-refractivity contribution is -0.140. The molecule has 0 aromatic carbocycles. The maximum atomic E-state index is 11.4. The summed E-state index contributed by atoms with van der Waals surface area (Å²) in [5.41, 5.74) is 0. The minimum Gasteiger partial charge on any atom is -0.480 e. The Hall–Kier alpha value is -1.30. The number of aliphatic hydroxyl groups is 1. The molecule has 1 saturated heterocycles. The van der Waals surface area contributed by atoms with Crippen LogP contribution in [0, 0.1) is 5.92 Å². The highest BCUT2D eigenvalue weighted by Crippen LogP contribution is 2.22. The second-order valence-corrected chi connectivity index (χ2v) is 9.89. The number of carboxylic acid groups (broad SMARTS) is 2. The molecule has 10 nitrogen and oxygen atoms in total. The lowest BCUT2D eigenvalue weighted by atomic mass is 9.89. The number of nitrogens with zero attached hydrogens (tertiary/aromatic N) is 4. The van der Waals surface area contributed by atoms with Gasteiger partial charge in [0.05, 0.1) is 19.2 Å². The number of hydrogen-bond acceptors (Lipinski definition) is 8. The van der Waals surface area contributed by atoms with Gasteiger partial charge in [0.15, 0.2) is 0 Å². The standard InChI is InChI=1S/C24H47N5O5/c1-2-26-8-10-27(18-22(30)17-25-16-21-6-4-3-5-7-21)12-13-29(20-24(33)34)15-14-28(11-9-26)19-23(31)32/h21-22,25,30H,2-20H2,1H3,(H,31,32)(H,33,34). The number of aliphatic hydroxyl groups excluding tert-OH is 1. The van der Waals surface area contributed by atoms with Crippen molar-refractivity contribution in [1.29, 1.82) is 0 Å². The summed E-state index contributed by atoms with van der Waals surface area (Å²) in [5, 5.41) is 32.7. The Kier molecular flexibility index (Phi) is 13.9. The first-order valence-electron chi connectivity index (χ1n) is 13.1. The fourth-order valence-electron chi connectivity index (χ4n) is 4.98. The van der Waals surface area contributed by atoms with Crippen LogP contribution >= 0.6 is 0 Å². The van der Waals surface area contributed by atoms with Crippen LogP contribution in [0.3, 0.4) is 0 Å². The van der Waals surface area contributed by atoms with Crippen LogP contribution in [-0.4, -0.2) is 145 Å². The van der Waals surface area contributed by atoms with E-state index in [1.165, 1.54) is 32.1 Å². The van der Waals surface area contributed by atoms with E-state index in [1.807, 2.05) is 9.80 Å². The zero-order valence-electron chi connectivity index (χ0n) is 21.0. The summed E-state index contributed by atoms with van der Waals surface area (Å²) >= 11 is 0. The molecule has 0 spiro atoms. The molecule has 10 heteroatoms. The molecule has 0 radical (unpaired) electrons. The van der Waals surface area contributed by atoms with Crippen LogP contribution in [0.1, 0.15) is 39.0 Å². The van der Waals surface area contributed by atoms with E-state index >= 15 is 0 Å². The molecular weight excluding hydrogens is 438 g/mol. The molecule has 1 atom stereocenters. The molecule has 2 rings (SSSR count). The SMILES string of the molecule is CCN1CCN(CC(=O)O)CCN(CC(=O)O)CCN(CC(O)CNCC2CCCCC2)CC1. The third-order valence-corrected chi connectivity index (χ3v) is 7.10. The molecule has 1 saturated carbocycles. The molecule has 1 heterocycles. The number of hydrogen-bond donors (Lipinski definition) is 4. The first kappa shape index (κ1) is 28.9. The van der Waals surface area contributed by atoms with Crippen molar-refractivity contribution < 1.29 is 24.9 Å². The van der Waals surface area contributed by atoms with Gasteiger partial charge in [0.25, 0.3) is 0 Å². The van der Waals surface area contributed by atoms with Gasteiger partial charge in [-0.15, -0.1) is 0 Å². The van der Waals surface area contributed by atoms with Crippen molar-refractivity contribution >= 4 is 11.9 Å². The van der Waals surface area contributed by atoms with Crippen molar-refractivity contribution in [3.05, 3.63) is 0 Å². The Labute approximate surface area is 204 Å². The second kappa shape index (κ2) is 16.4. The quantitative estimate of drug-likeness (QED) is 0.316. The maximum absolute atomic E-state index is 11.4. The summed E-state index contributed by atoms with van der Waals surface area (Å²) in [6.45, 7) is 10.3. The molecule has 2 fully saturated rings. The Morgan fingerprint density at radius 2 is 1.26 bits per heavy atom. The van der Waals surface area contributed by atoms with Crippen LogP contribution in [0.5, 0.6) is 0 Å². The first-order valence-corrected chi connectivity index (χ1v) is 13.1. The highest BCUT2D eigenvalue weighted by atomic mass is 16.4. The van der Waals surface area contributed by atoms with Crippen LogP contribution in [0.25, 0.3) is 0 Å². The maximum Gasteiger partial charge on any atom is 0.317 e. The molecule has 2 aliphatic rings. The van der Waals surface area contributed by atoms with Gasteiger partial charge in [0, 0.05) is 65.4 Å². The van der Waals surface area contributed by atoms with Crippen LogP contribution in [-0.2, 0) is 9.59 Å². The monoisotopic (exact) mass is 485 g/mol. The van der Waals surface area contributed by atoms with E-state index in [2.05, 4.69) is 22.0 Å². The molecule has 198 valence electrons. The molecule has 0 bridgehead atoms. The number of carbonyl (C=O) groups is 2. The van der Waals surface area contributed by atoms with Gasteiger partial charge >= 0.3 is 11.9 Å². The molecule has 0 aromatic rings. The zero-order valence-corrected chi connectivity index (χ0v) is 21.0. The van der Waals surface area contributed by atoms with Crippen molar-refractivity contribution in [3.63, 3.8) is 0 Å². The van der Waals surface area contributed by atoms with Crippen molar-refractivity contribution in [2.45, 2.75) is 45.1 Å². The average Bonchev–Trinajstić information content (AvgIpc) is 2.79. The fourth-order valence-corrected chi connectivity index (χ4v) is 4.98. The summed E-state index contributed by atoms with van der Waals surface area (Å²) in [7, 11) is 0. The third kappa shape index (κ3) is 12.4. The van der Waals surface area contributed by atoms with Gasteiger partial charge in [0.2, 0.25) is 0 Å². The van der Waals surface area contributed by atoms with Crippen molar-refractivity contribution in [2.24, 2.45) is 5.92 Å². The van der Waals surface area contributed by atoms with Gasteiger partial charge in [-0.3, -0.25) is 24.3 Å². The Morgan fingerprint density at radius 3 is 1.74 bits per heavy atom. The van der Waals surface area contributed by atoms with Gasteiger partial charge in [-0.05, 0) is 31.8 Å². The van der Waals surface area contributed by atoms with Crippen molar-refractivity contribution in [3.8, 4) is 0 Å². The van der Waals surface area contributed by atoms with E-state index in [4.69, 9.17) is 0 Å². The molecule has 1 unspecified atom stereocenters. The molecule has 34 heavy (non-hydrogen) atoms. The highest BCUT2D eigenvalue weighted by Gasteiger charge is 2.20. The largest absolute Gasteiger partial charge is 0.480 e. The van der Waals surface area contributed by atoms with Gasteiger partial charge in [-0.1, -0.05) is 26.2 Å². The zero-order chi connectivity index (χ0) is 24.8. The Bertz CT molecular complexity index is 590. The van der Waals surface area contributed by atoms with E-state index in [-0.39, 0.29) is 13.1 Å². The summed E-state index contributed by atoms with van der Waals surface area (Å²) in [6.07, 6.45) is 6.08. The second-order valence-electron chi connectivity index (χ2n) is 9.89. The van der Waals surface area contributed by atoms with Gasteiger partial charge in [-0.25, -0.2) is 0 Å².